The second kappa shape index (κ2) is 8.87. The molecule has 3 aromatic rings. The van der Waals surface area contributed by atoms with Gasteiger partial charge in [0.2, 0.25) is 5.75 Å². The number of carbonyl (C=O) groups excluding carboxylic acids is 1. The molecule has 2 aromatic carbocycles. The molecular weight excluding hydrogens is 372 g/mol. The van der Waals surface area contributed by atoms with Crippen molar-refractivity contribution in [1.82, 2.24) is 4.98 Å². The van der Waals surface area contributed by atoms with Crippen molar-refractivity contribution in [3.8, 4) is 23.0 Å². The van der Waals surface area contributed by atoms with E-state index in [1.165, 1.54) is 26.2 Å². The number of hydrogen-bond acceptors (Lipinski definition) is 5. The summed E-state index contributed by atoms with van der Waals surface area (Å²) in [5, 5.41) is 0.926. The Morgan fingerprint density at radius 1 is 1.00 bits per heavy atom. The van der Waals surface area contributed by atoms with E-state index in [0.717, 1.165) is 29.4 Å². The van der Waals surface area contributed by atoms with Crippen LogP contribution < -0.4 is 23.8 Å². The van der Waals surface area contributed by atoms with Crippen LogP contribution >= 0.6 is 0 Å². The first kappa shape index (κ1) is 20.5. The van der Waals surface area contributed by atoms with Gasteiger partial charge in [-0.25, -0.2) is 4.79 Å². The highest BCUT2D eigenvalue weighted by atomic mass is 16.5. The molecule has 0 saturated heterocycles. The van der Waals surface area contributed by atoms with Crippen molar-refractivity contribution < 1.29 is 28.6 Å². The third kappa shape index (κ3) is 4.30. The molecule has 154 valence electrons. The number of hydrogen-bond donors (Lipinski definition) is 2. The minimum absolute atomic E-state index is 0.311. The lowest BCUT2D eigenvalue weighted by Gasteiger charge is -2.14. The molecule has 0 saturated carbocycles. The molecule has 0 radical (unpaired) electrons. The van der Waals surface area contributed by atoms with E-state index in [1.807, 2.05) is 18.3 Å². The SMILES string of the molecule is COc1cc(C(=O)Oc2cccc3[nH]cc(CC[NH+](C)C)c23)cc(OC)c1OC. The summed E-state index contributed by atoms with van der Waals surface area (Å²) in [6, 6.07) is 8.79. The second-order valence-corrected chi connectivity index (χ2v) is 7.00. The molecule has 0 aliphatic rings. The summed E-state index contributed by atoms with van der Waals surface area (Å²) >= 11 is 0. The Morgan fingerprint density at radius 3 is 2.28 bits per heavy atom. The Bertz CT molecular complexity index is 985. The predicted molar refractivity (Wildman–Crippen MR) is 111 cm³/mol. The lowest BCUT2D eigenvalue weighted by Crippen LogP contribution is -3.05. The number of nitrogens with one attached hydrogen (secondary N) is 2. The molecule has 0 spiro atoms. The van der Waals surface area contributed by atoms with Crippen molar-refractivity contribution in [2.75, 3.05) is 42.0 Å². The number of esters is 1. The third-order valence-corrected chi connectivity index (χ3v) is 4.75. The van der Waals surface area contributed by atoms with E-state index in [4.69, 9.17) is 18.9 Å². The minimum Gasteiger partial charge on any atom is -0.493 e. The smallest absolute Gasteiger partial charge is 0.343 e. The normalized spacial score (nSPS) is 11.0. The molecule has 0 aliphatic carbocycles. The fourth-order valence-corrected chi connectivity index (χ4v) is 3.24. The van der Waals surface area contributed by atoms with Gasteiger partial charge in [-0.3, -0.25) is 0 Å². The van der Waals surface area contributed by atoms with Gasteiger partial charge in [0.25, 0.3) is 0 Å². The Balaban J connectivity index is 1.95. The van der Waals surface area contributed by atoms with Gasteiger partial charge >= 0.3 is 5.97 Å². The Kier molecular flexibility index (Phi) is 6.29. The van der Waals surface area contributed by atoms with Crippen molar-refractivity contribution in [3.05, 3.63) is 47.7 Å². The monoisotopic (exact) mass is 399 g/mol. The van der Waals surface area contributed by atoms with E-state index < -0.39 is 5.97 Å². The Morgan fingerprint density at radius 2 is 1.69 bits per heavy atom. The molecule has 0 fully saturated rings. The summed E-state index contributed by atoms with van der Waals surface area (Å²) in [5.41, 5.74) is 2.37. The van der Waals surface area contributed by atoms with Gasteiger partial charge in [0.1, 0.15) is 5.75 Å². The molecule has 29 heavy (non-hydrogen) atoms. The maximum Gasteiger partial charge on any atom is 0.343 e. The maximum atomic E-state index is 12.9. The van der Waals surface area contributed by atoms with Crippen molar-refractivity contribution in [2.24, 2.45) is 0 Å². The highest BCUT2D eigenvalue weighted by Crippen LogP contribution is 2.38. The van der Waals surface area contributed by atoms with Crippen LogP contribution in [0.3, 0.4) is 0 Å². The zero-order valence-electron chi connectivity index (χ0n) is 17.4. The van der Waals surface area contributed by atoms with Crippen LogP contribution in [0.4, 0.5) is 0 Å². The first-order chi connectivity index (χ1) is 14.0. The van der Waals surface area contributed by atoms with Gasteiger partial charge in [-0.05, 0) is 29.8 Å². The number of rotatable bonds is 8. The van der Waals surface area contributed by atoms with Gasteiger partial charge in [0.05, 0.1) is 47.5 Å². The molecule has 0 bridgehead atoms. The average Bonchev–Trinajstić information content (AvgIpc) is 3.15. The van der Waals surface area contributed by atoms with E-state index in [0.29, 0.717) is 28.6 Å². The van der Waals surface area contributed by atoms with Crippen LogP contribution in [-0.4, -0.2) is 52.9 Å². The van der Waals surface area contributed by atoms with Crippen molar-refractivity contribution in [3.63, 3.8) is 0 Å². The lowest BCUT2D eigenvalue weighted by atomic mass is 10.1. The molecule has 1 heterocycles. The molecule has 1 aromatic heterocycles. The fraction of sp³-hybridized carbons (Fsp3) is 0.318. The van der Waals surface area contributed by atoms with E-state index in [9.17, 15) is 4.79 Å². The van der Waals surface area contributed by atoms with Gasteiger partial charge in [0.15, 0.2) is 11.5 Å². The van der Waals surface area contributed by atoms with Crippen LogP contribution in [0.2, 0.25) is 0 Å². The largest absolute Gasteiger partial charge is 0.493 e. The van der Waals surface area contributed by atoms with E-state index in [1.54, 1.807) is 18.2 Å². The summed E-state index contributed by atoms with van der Waals surface area (Å²) in [6.07, 6.45) is 2.85. The molecule has 3 rings (SSSR count). The van der Waals surface area contributed by atoms with Gasteiger partial charge in [0, 0.05) is 23.5 Å². The zero-order valence-corrected chi connectivity index (χ0v) is 17.4. The van der Waals surface area contributed by atoms with Crippen molar-refractivity contribution >= 4 is 16.9 Å². The molecule has 0 amide bonds. The molecule has 2 N–H and O–H groups in total. The van der Waals surface area contributed by atoms with E-state index >= 15 is 0 Å². The summed E-state index contributed by atoms with van der Waals surface area (Å²) < 4.78 is 21.7. The number of H-pyrrole nitrogens is 1. The molecule has 0 aliphatic heterocycles. The lowest BCUT2D eigenvalue weighted by molar-refractivity contribution is -0.858. The Hall–Kier alpha value is -3.19. The topological polar surface area (TPSA) is 74.2 Å². The van der Waals surface area contributed by atoms with Crippen molar-refractivity contribution in [2.45, 2.75) is 6.42 Å². The number of aromatic nitrogens is 1. The molecule has 0 atom stereocenters. The van der Waals surface area contributed by atoms with Crippen LogP contribution in [0.15, 0.2) is 36.5 Å². The van der Waals surface area contributed by atoms with Gasteiger partial charge in [-0.2, -0.15) is 0 Å². The third-order valence-electron chi connectivity index (χ3n) is 4.75. The van der Waals surface area contributed by atoms with Gasteiger partial charge in [-0.1, -0.05) is 6.07 Å². The standard InChI is InChI=1S/C22H26N2O5/c1-24(2)10-9-14-13-23-16-7-6-8-17(20(14)16)29-22(25)15-11-18(26-3)21(28-5)19(12-15)27-4/h6-8,11-13,23H,9-10H2,1-5H3/p+1. The second-order valence-electron chi connectivity index (χ2n) is 7.00. The molecule has 7 heteroatoms. The van der Waals surface area contributed by atoms with Crippen LogP contribution in [0.1, 0.15) is 15.9 Å². The van der Waals surface area contributed by atoms with Crippen LogP contribution in [-0.2, 0) is 6.42 Å². The van der Waals surface area contributed by atoms with Crippen molar-refractivity contribution in [1.29, 1.82) is 0 Å². The molecular formula is C22H27N2O5+. The van der Waals surface area contributed by atoms with Crippen LogP contribution in [0.25, 0.3) is 10.9 Å². The number of aromatic amines is 1. The average molecular weight is 399 g/mol. The van der Waals surface area contributed by atoms with Crippen LogP contribution in [0, 0.1) is 0 Å². The van der Waals surface area contributed by atoms with E-state index in [-0.39, 0.29) is 0 Å². The minimum atomic E-state index is -0.498. The predicted octanol–water partition coefficient (Wildman–Crippen LogP) is 2.10. The van der Waals surface area contributed by atoms with E-state index in [2.05, 4.69) is 19.1 Å². The number of ether oxygens (including phenoxy) is 4. The highest BCUT2D eigenvalue weighted by Gasteiger charge is 2.20. The summed E-state index contributed by atoms with van der Waals surface area (Å²) in [6.45, 7) is 0.974. The number of quaternary nitrogens is 1. The first-order valence-electron chi connectivity index (χ1n) is 9.38. The summed E-state index contributed by atoms with van der Waals surface area (Å²) in [7, 11) is 8.75. The number of carbonyl (C=O) groups is 1. The number of methoxy groups -OCH3 is 3. The summed E-state index contributed by atoms with van der Waals surface area (Å²) in [5.74, 6) is 1.24. The molecule has 0 unspecified atom stereocenters. The van der Waals surface area contributed by atoms with Gasteiger partial charge < -0.3 is 28.8 Å². The maximum absolute atomic E-state index is 12.9. The van der Waals surface area contributed by atoms with Crippen LogP contribution in [0.5, 0.6) is 23.0 Å². The summed E-state index contributed by atoms with van der Waals surface area (Å²) in [4.78, 5) is 17.5. The fourth-order valence-electron chi connectivity index (χ4n) is 3.24. The number of benzene rings is 2. The first-order valence-corrected chi connectivity index (χ1v) is 9.38. The number of likely N-dealkylation sites (N-methyl/N-ethyl adjacent to an activating group) is 1. The number of fused-ring (bicyclic) bond motifs is 1. The zero-order chi connectivity index (χ0) is 21.0. The quantitative estimate of drug-likeness (QED) is 0.448. The van der Waals surface area contributed by atoms with Gasteiger partial charge in [-0.15, -0.1) is 0 Å². The molecule has 7 nitrogen and oxygen atoms in total. The Labute approximate surface area is 170 Å². The highest BCUT2D eigenvalue weighted by molar-refractivity contribution is 5.97.